The van der Waals surface area contributed by atoms with Gasteiger partial charge in [0.2, 0.25) is 0 Å². The number of amides is 1. The lowest BCUT2D eigenvalue weighted by atomic mass is 10.1. The van der Waals surface area contributed by atoms with E-state index in [1.54, 1.807) is 11.0 Å². The van der Waals surface area contributed by atoms with E-state index in [1.807, 2.05) is 38.1 Å². The molecule has 0 saturated carbocycles. The molecule has 2 aromatic carbocycles. The predicted octanol–water partition coefficient (Wildman–Crippen LogP) is 4.37. The summed E-state index contributed by atoms with van der Waals surface area (Å²) in [5.41, 5.74) is 4.74. The second-order valence-corrected chi connectivity index (χ2v) is 6.52. The number of aromatic nitrogens is 2. The fourth-order valence-corrected chi connectivity index (χ4v) is 2.85. The van der Waals surface area contributed by atoms with E-state index in [4.69, 9.17) is 0 Å². The maximum Gasteiger partial charge on any atom is 0.277 e. The molecule has 0 saturated heterocycles. The zero-order valence-electron chi connectivity index (χ0n) is 15.9. The highest BCUT2D eigenvalue weighted by molar-refractivity contribution is 6.05. The van der Waals surface area contributed by atoms with Gasteiger partial charge in [-0.3, -0.25) is 4.79 Å². The third-order valence-corrected chi connectivity index (χ3v) is 4.36. The molecule has 0 spiro atoms. The minimum atomic E-state index is -0.135. The number of rotatable bonds is 6. The summed E-state index contributed by atoms with van der Waals surface area (Å²) in [6, 6.07) is 17.9. The molecular formula is C22H24N4O. The molecule has 0 atom stereocenters. The first-order valence-electron chi connectivity index (χ1n) is 9.07. The van der Waals surface area contributed by atoms with Crippen molar-refractivity contribution in [2.45, 2.75) is 27.3 Å². The molecule has 0 aliphatic rings. The van der Waals surface area contributed by atoms with Crippen molar-refractivity contribution in [2.75, 3.05) is 16.8 Å². The van der Waals surface area contributed by atoms with Crippen LogP contribution in [0.1, 0.15) is 34.1 Å². The van der Waals surface area contributed by atoms with Crippen molar-refractivity contribution in [1.29, 1.82) is 0 Å². The standard InChI is InChI=1S/C22H24N4O/c1-4-26(19-7-5-6-17(3)12-19)22(27)20-13-21(25-15-24-20)23-14-18-10-8-16(2)9-11-18/h5-13,15H,4,14H2,1-3H3,(H,23,24,25). The van der Waals surface area contributed by atoms with E-state index >= 15 is 0 Å². The zero-order chi connectivity index (χ0) is 19.2. The quantitative estimate of drug-likeness (QED) is 0.709. The molecule has 0 radical (unpaired) electrons. The van der Waals surface area contributed by atoms with Gasteiger partial charge in [0.15, 0.2) is 0 Å². The summed E-state index contributed by atoms with van der Waals surface area (Å²) in [5.74, 6) is 0.498. The Labute approximate surface area is 160 Å². The Hall–Kier alpha value is -3.21. The van der Waals surface area contributed by atoms with Crippen molar-refractivity contribution >= 4 is 17.4 Å². The van der Waals surface area contributed by atoms with E-state index in [-0.39, 0.29) is 5.91 Å². The summed E-state index contributed by atoms with van der Waals surface area (Å²) in [6.45, 7) is 7.24. The van der Waals surface area contributed by atoms with Gasteiger partial charge >= 0.3 is 0 Å². The van der Waals surface area contributed by atoms with E-state index in [9.17, 15) is 4.79 Å². The molecule has 5 nitrogen and oxygen atoms in total. The first-order chi connectivity index (χ1) is 13.1. The van der Waals surface area contributed by atoms with Gasteiger partial charge in [0.25, 0.3) is 5.91 Å². The van der Waals surface area contributed by atoms with Crippen LogP contribution in [0.5, 0.6) is 0 Å². The minimum Gasteiger partial charge on any atom is -0.366 e. The number of carbonyl (C=O) groups is 1. The fourth-order valence-electron chi connectivity index (χ4n) is 2.85. The Kier molecular flexibility index (Phi) is 5.81. The summed E-state index contributed by atoms with van der Waals surface area (Å²) in [5, 5.41) is 3.26. The Balaban J connectivity index is 1.75. The number of anilines is 2. The SMILES string of the molecule is CCN(C(=O)c1cc(NCc2ccc(C)cc2)ncn1)c1cccc(C)c1. The molecule has 5 heteroatoms. The Morgan fingerprint density at radius 3 is 2.48 bits per heavy atom. The summed E-state index contributed by atoms with van der Waals surface area (Å²) in [6.07, 6.45) is 1.43. The first kappa shape index (κ1) is 18.6. The number of nitrogens with one attached hydrogen (secondary N) is 1. The predicted molar refractivity (Wildman–Crippen MR) is 109 cm³/mol. The van der Waals surface area contributed by atoms with Gasteiger partial charge in [-0.05, 0) is 44.0 Å². The average Bonchev–Trinajstić information content (AvgIpc) is 2.68. The Bertz CT molecular complexity index is 922. The second kappa shape index (κ2) is 8.45. The third-order valence-electron chi connectivity index (χ3n) is 4.36. The summed E-state index contributed by atoms with van der Waals surface area (Å²) >= 11 is 0. The van der Waals surface area contributed by atoms with E-state index in [0.717, 1.165) is 16.8 Å². The van der Waals surface area contributed by atoms with Crippen LogP contribution in [-0.4, -0.2) is 22.4 Å². The molecule has 0 fully saturated rings. The molecule has 3 rings (SSSR count). The van der Waals surface area contributed by atoms with Gasteiger partial charge in [0.1, 0.15) is 17.8 Å². The van der Waals surface area contributed by atoms with Gasteiger partial charge in [-0.1, -0.05) is 42.0 Å². The lowest BCUT2D eigenvalue weighted by molar-refractivity contribution is 0.0983. The number of hydrogen-bond donors (Lipinski definition) is 1. The number of nitrogens with zero attached hydrogens (tertiary/aromatic N) is 3. The van der Waals surface area contributed by atoms with Crippen LogP contribution in [0, 0.1) is 13.8 Å². The van der Waals surface area contributed by atoms with Gasteiger partial charge < -0.3 is 10.2 Å². The van der Waals surface area contributed by atoms with Crippen LogP contribution in [0.2, 0.25) is 0 Å². The zero-order valence-corrected chi connectivity index (χ0v) is 15.9. The van der Waals surface area contributed by atoms with Crippen LogP contribution >= 0.6 is 0 Å². The third kappa shape index (κ3) is 4.70. The molecule has 1 heterocycles. The lowest BCUT2D eigenvalue weighted by Gasteiger charge is -2.21. The topological polar surface area (TPSA) is 58.1 Å². The van der Waals surface area contributed by atoms with Crippen molar-refractivity contribution in [3.63, 3.8) is 0 Å². The van der Waals surface area contributed by atoms with Gasteiger partial charge in [-0.2, -0.15) is 0 Å². The Morgan fingerprint density at radius 1 is 1.00 bits per heavy atom. The molecule has 27 heavy (non-hydrogen) atoms. The molecule has 138 valence electrons. The number of aryl methyl sites for hydroxylation is 2. The summed E-state index contributed by atoms with van der Waals surface area (Å²) in [4.78, 5) is 23.1. The maximum absolute atomic E-state index is 13.0. The van der Waals surface area contributed by atoms with E-state index in [0.29, 0.717) is 24.6 Å². The lowest BCUT2D eigenvalue weighted by Crippen LogP contribution is -2.31. The highest BCUT2D eigenvalue weighted by Crippen LogP contribution is 2.18. The number of carbonyl (C=O) groups excluding carboxylic acids is 1. The molecular weight excluding hydrogens is 336 g/mol. The fraction of sp³-hybridized carbons (Fsp3) is 0.227. The van der Waals surface area contributed by atoms with E-state index in [1.165, 1.54) is 11.9 Å². The summed E-state index contributed by atoms with van der Waals surface area (Å²) in [7, 11) is 0. The van der Waals surface area contributed by atoms with Crippen LogP contribution in [0.15, 0.2) is 60.9 Å². The molecule has 0 unspecified atom stereocenters. The van der Waals surface area contributed by atoms with Gasteiger partial charge in [0.05, 0.1) is 0 Å². The van der Waals surface area contributed by atoms with Crippen molar-refractivity contribution in [3.8, 4) is 0 Å². The molecule has 0 aliphatic carbocycles. The van der Waals surface area contributed by atoms with Crippen LogP contribution in [0.25, 0.3) is 0 Å². The van der Waals surface area contributed by atoms with Crippen molar-refractivity contribution in [1.82, 2.24) is 9.97 Å². The molecule has 0 aliphatic heterocycles. The average molecular weight is 360 g/mol. The molecule has 1 amide bonds. The highest BCUT2D eigenvalue weighted by atomic mass is 16.2. The first-order valence-corrected chi connectivity index (χ1v) is 9.07. The van der Waals surface area contributed by atoms with E-state index in [2.05, 4.69) is 46.5 Å². The van der Waals surface area contributed by atoms with Crippen LogP contribution in [-0.2, 0) is 6.54 Å². The summed E-state index contributed by atoms with van der Waals surface area (Å²) < 4.78 is 0. The maximum atomic E-state index is 13.0. The van der Waals surface area contributed by atoms with Crippen molar-refractivity contribution < 1.29 is 4.79 Å². The van der Waals surface area contributed by atoms with Crippen molar-refractivity contribution in [3.05, 3.63) is 83.3 Å². The second-order valence-electron chi connectivity index (χ2n) is 6.52. The monoisotopic (exact) mass is 360 g/mol. The molecule has 3 aromatic rings. The van der Waals surface area contributed by atoms with E-state index < -0.39 is 0 Å². The smallest absolute Gasteiger partial charge is 0.277 e. The van der Waals surface area contributed by atoms with Crippen LogP contribution in [0.4, 0.5) is 11.5 Å². The Morgan fingerprint density at radius 2 is 1.78 bits per heavy atom. The van der Waals surface area contributed by atoms with Gasteiger partial charge in [-0.25, -0.2) is 9.97 Å². The normalized spacial score (nSPS) is 10.5. The number of hydrogen-bond acceptors (Lipinski definition) is 4. The van der Waals surface area contributed by atoms with Crippen LogP contribution < -0.4 is 10.2 Å². The molecule has 0 bridgehead atoms. The van der Waals surface area contributed by atoms with Gasteiger partial charge in [0, 0.05) is 24.8 Å². The molecule has 1 N–H and O–H groups in total. The van der Waals surface area contributed by atoms with Crippen LogP contribution in [0.3, 0.4) is 0 Å². The van der Waals surface area contributed by atoms with Crippen molar-refractivity contribution in [2.24, 2.45) is 0 Å². The molecule has 1 aromatic heterocycles. The largest absolute Gasteiger partial charge is 0.366 e. The number of benzene rings is 2. The van der Waals surface area contributed by atoms with Gasteiger partial charge in [-0.15, -0.1) is 0 Å². The minimum absolute atomic E-state index is 0.135. The highest BCUT2D eigenvalue weighted by Gasteiger charge is 2.18.